The highest BCUT2D eigenvalue weighted by Gasteiger charge is 2.20. The molecule has 1 aliphatic rings. The number of hydrogen-bond donors (Lipinski definition) is 2. The average Bonchev–Trinajstić information content (AvgIpc) is 2.53. The van der Waals surface area contributed by atoms with Crippen molar-refractivity contribution in [3.05, 3.63) is 48.0 Å². The fourth-order valence-corrected chi connectivity index (χ4v) is 2.85. The van der Waals surface area contributed by atoms with Crippen LogP contribution in [0.2, 0.25) is 0 Å². The van der Waals surface area contributed by atoms with Gasteiger partial charge in [0.2, 0.25) is 5.91 Å². The van der Waals surface area contributed by atoms with E-state index in [2.05, 4.69) is 34.9 Å². The van der Waals surface area contributed by atoms with Crippen LogP contribution in [-0.2, 0) is 11.3 Å². The van der Waals surface area contributed by atoms with Crippen LogP contribution in [0.15, 0.2) is 42.5 Å². The lowest BCUT2D eigenvalue weighted by molar-refractivity contribution is -0.125. The summed E-state index contributed by atoms with van der Waals surface area (Å²) in [6.45, 7) is 2.45. The van der Waals surface area contributed by atoms with Crippen LogP contribution in [0.3, 0.4) is 0 Å². The van der Waals surface area contributed by atoms with Gasteiger partial charge in [0, 0.05) is 13.1 Å². The van der Waals surface area contributed by atoms with Crippen molar-refractivity contribution < 1.29 is 4.79 Å². The normalized spacial score (nSPS) is 18.0. The van der Waals surface area contributed by atoms with E-state index in [4.69, 9.17) is 0 Å². The molecule has 2 aromatic carbocycles. The van der Waals surface area contributed by atoms with Gasteiger partial charge in [-0.3, -0.25) is 4.79 Å². The van der Waals surface area contributed by atoms with Crippen molar-refractivity contribution in [2.24, 2.45) is 5.92 Å². The van der Waals surface area contributed by atoms with Gasteiger partial charge in [-0.15, -0.1) is 12.4 Å². The van der Waals surface area contributed by atoms with Gasteiger partial charge < -0.3 is 10.6 Å². The summed E-state index contributed by atoms with van der Waals surface area (Å²) in [7, 11) is 0. The Morgan fingerprint density at radius 3 is 2.81 bits per heavy atom. The summed E-state index contributed by atoms with van der Waals surface area (Å²) in [6, 6.07) is 14.5. The van der Waals surface area contributed by atoms with Crippen LogP contribution in [0.5, 0.6) is 0 Å². The number of rotatable bonds is 3. The zero-order valence-electron chi connectivity index (χ0n) is 12.0. The molecule has 0 aromatic heterocycles. The molecule has 3 nitrogen and oxygen atoms in total. The lowest BCUT2D eigenvalue weighted by Crippen LogP contribution is -2.40. The maximum Gasteiger partial charge on any atom is 0.224 e. The highest BCUT2D eigenvalue weighted by molar-refractivity contribution is 5.86. The van der Waals surface area contributed by atoms with E-state index in [0.29, 0.717) is 6.54 Å². The van der Waals surface area contributed by atoms with E-state index in [1.54, 1.807) is 0 Å². The van der Waals surface area contributed by atoms with Crippen LogP contribution < -0.4 is 10.6 Å². The first kappa shape index (κ1) is 15.8. The number of amides is 1. The van der Waals surface area contributed by atoms with E-state index in [-0.39, 0.29) is 24.2 Å². The second-order valence-electron chi connectivity index (χ2n) is 5.40. The first-order chi connectivity index (χ1) is 9.84. The Kier molecular flexibility index (Phi) is 5.59. The van der Waals surface area contributed by atoms with E-state index in [1.165, 1.54) is 16.3 Å². The first-order valence-electron chi connectivity index (χ1n) is 7.29. The van der Waals surface area contributed by atoms with Crippen LogP contribution in [0.4, 0.5) is 0 Å². The number of carbonyl (C=O) groups excluding carboxylic acids is 1. The van der Waals surface area contributed by atoms with E-state index < -0.39 is 0 Å². The number of benzene rings is 2. The summed E-state index contributed by atoms with van der Waals surface area (Å²) in [5.41, 5.74) is 1.18. The molecule has 0 radical (unpaired) electrons. The maximum atomic E-state index is 12.2. The van der Waals surface area contributed by atoms with E-state index in [1.807, 2.05) is 18.2 Å². The van der Waals surface area contributed by atoms with Crippen LogP contribution >= 0.6 is 12.4 Å². The summed E-state index contributed by atoms with van der Waals surface area (Å²) in [4.78, 5) is 12.2. The summed E-state index contributed by atoms with van der Waals surface area (Å²) in [5, 5.41) is 8.80. The summed E-state index contributed by atoms with van der Waals surface area (Å²) in [5.74, 6) is 0.295. The molecular formula is C17H21ClN2O. The molecule has 1 unspecified atom stereocenters. The van der Waals surface area contributed by atoms with Gasteiger partial charge in [0.25, 0.3) is 0 Å². The third-order valence-corrected chi connectivity index (χ3v) is 4.00. The number of nitrogens with one attached hydrogen (secondary N) is 2. The van der Waals surface area contributed by atoms with Crippen LogP contribution in [0.1, 0.15) is 18.4 Å². The predicted octanol–water partition coefficient (Wildman–Crippen LogP) is 2.88. The molecule has 0 spiro atoms. The van der Waals surface area contributed by atoms with Crippen molar-refractivity contribution in [3.63, 3.8) is 0 Å². The van der Waals surface area contributed by atoms with Crippen molar-refractivity contribution in [3.8, 4) is 0 Å². The monoisotopic (exact) mass is 304 g/mol. The van der Waals surface area contributed by atoms with Crippen molar-refractivity contribution in [2.45, 2.75) is 19.4 Å². The second kappa shape index (κ2) is 7.43. The zero-order chi connectivity index (χ0) is 13.8. The minimum absolute atomic E-state index is 0. The van der Waals surface area contributed by atoms with Crippen LogP contribution in [0, 0.1) is 5.92 Å². The fourth-order valence-electron chi connectivity index (χ4n) is 2.85. The number of carbonyl (C=O) groups is 1. The van der Waals surface area contributed by atoms with Crippen molar-refractivity contribution >= 4 is 29.1 Å². The Labute approximate surface area is 131 Å². The topological polar surface area (TPSA) is 41.1 Å². The van der Waals surface area contributed by atoms with Gasteiger partial charge in [0.1, 0.15) is 0 Å². The van der Waals surface area contributed by atoms with Gasteiger partial charge in [-0.2, -0.15) is 0 Å². The van der Waals surface area contributed by atoms with Gasteiger partial charge in [-0.05, 0) is 35.7 Å². The van der Waals surface area contributed by atoms with Crippen molar-refractivity contribution in [2.75, 3.05) is 13.1 Å². The smallest absolute Gasteiger partial charge is 0.224 e. The molecule has 112 valence electrons. The average molecular weight is 305 g/mol. The molecule has 0 bridgehead atoms. The van der Waals surface area contributed by atoms with Crippen LogP contribution in [-0.4, -0.2) is 19.0 Å². The molecule has 1 amide bonds. The molecule has 1 heterocycles. The number of piperidine rings is 1. The van der Waals surface area contributed by atoms with Crippen LogP contribution in [0.25, 0.3) is 10.8 Å². The molecule has 0 aliphatic carbocycles. The molecule has 21 heavy (non-hydrogen) atoms. The molecule has 0 saturated carbocycles. The van der Waals surface area contributed by atoms with Gasteiger partial charge in [-0.1, -0.05) is 42.5 Å². The van der Waals surface area contributed by atoms with E-state index in [9.17, 15) is 4.79 Å². The van der Waals surface area contributed by atoms with Gasteiger partial charge in [0.15, 0.2) is 0 Å². The number of hydrogen-bond acceptors (Lipinski definition) is 2. The molecule has 4 heteroatoms. The lowest BCUT2D eigenvalue weighted by atomic mass is 9.98. The molecule has 1 saturated heterocycles. The Hall–Kier alpha value is -1.58. The Morgan fingerprint density at radius 1 is 1.19 bits per heavy atom. The summed E-state index contributed by atoms with van der Waals surface area (Å²) < 4.78 is 0. The fraction of sp³-hybridized carbons (Fsp3) is 0.353. The molecule has 2 N–H and O–H groups in total. The molecular weight excluding hydrogens is 284 g/mol. The van der Waals surface area contributed by atoms with Gasteiger partial charge >= 0.3 is 0 Å². The molecule has 1 aliphatic heterocycles. The minimum Gasteiger partial charge on any atom is -0.352 e. The highest BCUT2D eigenvalue weighted by Crippen LogP contribution is 2.18. The van der Waals surface area contributed by atoms with Crippen molar-refractivity contribution in [1.29, 1.82) is 0 Å². The summed E-state index contributed by atoms with van der Waals surface area (Å²) >= 11 is 0. The second-order valence-corrected chi connectivity index (χ2v) is 5.40. The Balaban J connectivity index is 0.00000161. The maximum absolute atomic E-state index is 12.2. The van der Waals surface area contributed by atoms with Gasteiger partial charge in [-0.25, -0.2) is 0 Å². The highest BCUT2D eigenvalue weighted by atomic mass is 35.5. The third-order valence-electron chi connectivity index (χ3n) is 4.00. The largest absolute Gasteiger partial charge is 0.352 e. The van der Waals surface area contributed by atoms with Gasteiger partial charge in [0.05, 0.1) is 5.92 Å². The predicted molar refractivity (Wildman–Crippen MR) is 88.6 cm³/mol. The Bertz CT molecular complexity index is 603. The standard InChI is InChI=1S/C17H20N2O.ClH/c20-17(15-8-4-10-18-11-15)19-12-14-7-3-6-13-5-1-2-9-16(13)14;/h1-3,5-7,9,15,18H,4,8,10-12H2,(H,19,20);1H. The minimum atomic E-state index is 0. The third kappa shape index (κ3) is 3.74. The quantitative estimate of drug-likeness (QED) is 0.915. The molecule has 1 atom stereocenters. The first-order valence-corrected chi connectivity index (χ1v) is 7.29. The lowest BCUT2D eigenvalue weighted by Gasteiger charge is -2.22. The zero-order valence-corrected chi connectivity index (χ0v) is 12.8. The van der Waals surface area contributed by atoms with Crippen molar-refractivity contribution in [1.82, 2.24) is 10.6 Å². The van der Waals surface area contributed by atoms with E-state index in [0.717, 1.165) is 25.9 Å². The summed E-state index contributed by atoms with van der Waals surface area (Å²) in [6.07, 6.45) is 2.08. The Morgan fingerprint density at radius 2 is 2.00 bits per heavy atom. The SMILES string of the molecule is Cl.O=C(NCc1cccc2ccccc12)C1CCCNC1. The molecule has 1 fully saturated rings. The number of fused-ring (bicyclic) bond motifs is 1. The van der Waals surface area contributed by atoms with E-state index >= 15 is 0 Å². The number of halogens is 1. The molecule has 2 aromatic rings. The molecule has 3 rings (SSSR count).